The molecule has 2 aliphatic rings. The SMILES string of the molecule is C1=CC2NC(c3ccc(-c4c5ccccc5c(-c5ccccc5)c5ccccc45)cc3)=CN2C=C1c1ccccc1. The van der Waals surface area contributed by atoms with Crippen LogP contribution in [0.25, 0.3) is 55.1 Å². The van der Waals surface area contributed by atoms with Gasteiger partial charge in [-0.1, -0.05) is 140 Å². The van der Waals surface area contributed by atoms with Crippen molar-refractivity contribution >= 4 is 32.8 Å². The Morgan fingerprint density at radius 1 is 0.439 bits per heavy atom. The lowest BCUT2D eigenvalue weighted by atomic mass is 9.86. The second-order valence-electron chi connectivity index (χ2n) is 10.7. The molecule has 0 bridgehead atoms. The fourth-order valence-corrected chi connectivity index (χ4v) is 6.29. The van der Waals surface area contributed by atoms with E-state index in [1.165, 1.54) is 60.5 Å². The van der Waals surface area contributed by atoms with Gasteiger partial charge in [0.05, 0.1) is 5.70 Å². The third-order valence-electron chi connectivity index (χ3n) is 8.23. The molecule has 0 aromatic heterocycles. The van der Waals surface area contributed by atoms with Crippen LogP contribution in [0, 0.1) is 0 Å². The first-order valence-electron chi connectivity index (χ1n) is 14.1. The Bertz CT molecular complexity index is 1940. The summed E-state index contributed by atoms with van der Waals surface area (Å²) in [6.45, 7) is 0. The van der Waals surface area contributed by atoms with Gasteiger partial charge in [-0.05, 0) is 66.6 Å². The van der Waals surface area contributed by atoms with E-state index in [2.05, 4.69) is 168 Å². The summed E-state index contributed by atoms with van der Waals surface area (Å²) in [6, 6.07) is 48.0. The van der Waals surface area contributed by atoms with Crippen molar-refractivity contribution in [1.82, 2.24) is 10.2 Å². The summed E-state index contributed by atoms with van der Waals surface area (Å²) < 4.78 is 0. The number of hydrogen-bond donors (Lipinski definition) is 1. The van der Waals surface area contributed by atoms with Gasteiger partial charge >= 0.3 is 0 Å². The summed E-state index contributed by atoms with van der Waals surface area (Å²) >= 11 is 0. The zero-order chi connectivity index (χ0) is 27.2. The van der Waals surface area contributed by atoms with Crippen molar-refractivity contribution in [1.29, 1.82) is 0 Å². The van der Waals surface area contributed by atoms with Gasteiger partial charge in [-0.2, -0.15) is 0 Å². The van der Waals surface area contributed by atoms with E-state index in [1.54, 1.807) is 0 Å². The predicted octanol–water partition coefficient (Wildman–Crippen LogP) is 9.47. The Labute approximate surface area is 240 Å². The Balaban J connectivity index is 1.20. The van der Waals surface area contributed by atoms with Crippen LogP contribution in [-0.2, 0) is 0 Å². The van der Waals surface area contributed by atoms with Gasteiger partial charge in [0.25, 0.3) is 0 Å². The summed E-state index contributed by atoms with van der Waals surface area (Å²) in [4.78, 5) is 2.26. The van der Waals surface area contributed by atoms with Crippen LogP contribution >= 0.6 is 0 Å². The lowest BCUT2D eigenvalue weighted by Gasteiger charge is -2.24. The minimum Gasteiger partial charge on any atom is -0.360 e. The number of benzene rings is 6. The zero-order valence-corrected chi connectivity index (χ0v) is 22.5. The van der Waals surface area contributed by atoms with Crippen LogP contribution < -0.4 is 5.32 Å². The van der Waals surface area contributed by atoms with Gasteiger partial charge in [0.15, 0.2) is 0 Å². The van der Waals surface area contributed by atoms with E-state index in [4.69, 9.17) is 0 Å². The van der Waals surface area contributed by atoms with Crippen LogP contribution in [0.15, 0.2) is 158 Å². The molecule has 0 aliphatic carbocycles. The minimum atomic E-state index is 0.135. The molecule has 0 saturated carbocycles. The lowest BCUT2D eigenvalue weighted by Crippen LogP contribution is -2.32. The van der Waals surface area contributed by atoms with Crippen molar-refractivity contribution in [3.05, 3.63) is 169 Å². The highest BCUT2D eigenvalue weighted by atomic mass is 15.3. The molecule has 0 fully saturated rings. The number of rotatable bonds is 4. The number of nitrogens with zero attached hydrogens (tertiary/aromatic N) is 1. The Morgan fingerprint density at radius 2 is 0.902 bits per heavy atom. The van der Waals surface area contributed by atoms with Gasteiger partial charge in [0, 0.05) is 12.4 Å². The summed E-state index contributed by atoms with van der Waals surface area (Å²) in [5.74, 6) is 0. The van der Waals surface area contributed by atoms with E-state index < -0.39 is 0 Å². The molecule has 41 heavy (non-hydrogen) atoms. The quantitative estimate of drug-likeness (QED) is 0.231. The Kier molecular flexibility index (Phi) is 5.56. The molecule has 2 nitrogen and oxygen atoms in total. The highest BCUT2D eigenvalue weighted by Crippen LogP contribution is 2.43. The number of nitrogens with one attached hydrogen (secondary N) is 1. The largest absolute Gasteiger partial charge is 0.360 e. The van der Waals surface area contributed by atoms with Crippen molar-refractivity contribution in [2.24, 2.45) is 0 Å². The molecular formula is C39H28N2. The average Bonchev–Trinajstić information content (AvgIpc) is 3.48. The number of allylic oxidation sites excluding steroid dienone is 2. The third kappa shape index (κ3) is 4.04. The molecule has 0 spiro atoms. The molecule has 6 aromatic carbocycles. The highest BCUT2D eigenvalue weighted by Gasteiger charge is 2.24. The van der Waals surface area contributed by atoms with E-state index >= 15 is 0 Å². The molecule has 2 aliphatic heterocycles. The maximum absolute atomic E-state index is 3.68. The molecule has 1 N–H and O–H groups in total. The molecule has 1 unspecified atom stereocenters. The average molecular weight is 525 g/mol. The van der Waals surface area contributed by atoms with Gasteiger partial charge in [0.1, 0.15) is 6.17 Å². The van der Waals surface area contributed by atoms with Gasteiger partial charge < -0.3 is 10.2 Å². The van der Waals surface area contributed by atoms with E-state index in [-0.39, 0.29) is 6.17 Å². The highest BCUT2D eigenvalue weighted by molar-refractivity contribution is 6.21. The van der Waals surface area contributed by atoms with Crippen LogP contribution in [0.2, 0.25) is 0 Å². The van der Waals surface area contributed by atoms with E-state index in [1.807, 2.05) is 0 Å². The minimum absolute atomic E-state index is 0.135. The van der Waals surface area contributed by atoms with Crippen LogP contribution in [0.4, 0.5) is 0 Å². The van der Waals surface area contributed by atoms with Crippen LogP contribution in [-0.4, -0.2) is 11.1 Å². The van der Waals surface area contributed by atoms with Crippen LogP contribution in [0.5, 0.6) is 0 Å². The molecular weight excluding hydrogens is 496 g/mol. The number of fused-ring (bicyclic) bond motifs is 3. The molecule has 6 aromatic rings. The second kappa shape index (κ2) is 9.69. The summed E-state index contributed by atoms with van der Waals surface area (Å²) in [5.41, 5.74) is 9.81. The summed E-state index contributed by atoms with van der Waals surface area (Å²) in [7, 11) is 0. The Hall–Kier alpha value is -5.34. The standard InChI is InChI=1S/C39H28N2/c1-3-11-27(12-4-1)31-23-24-37-40-36(26-41(37)25-31)28-19-21-30(22-20-28)39-34-17-9-7-15-32(34)38(29-13-5-2-6-14-29)33-16-8-10-18-35(33)39/h1-26,37,40H. The zero-order valence-electron chi connectivity index (χ0n) is 22.5. The summed E-state index contributed by atoms with van der Waals surface area (Å²) in [5, 5.41) is 8.79. The van der Waals surface area contributed by atoms with Gasteiger partial charge in [-0.3, -0.25) is 0 Å². The fraction of sp³-hybridized carbons (Fsp3) is 0.0256. The maximum atomic E-state index is 3.68. The molecule has 194 valence electrons. The molecule has 0 amide bonds. The van der Waals surface area contributed by atoms with Crippen molar-refractivity contribution in [2.75, 3.05) is 0 Å². The topological polar surface area (TPSA) is 15.3 Å². The van der Waals surface area contributed by atoms with Crippen molar-refractivity contribution in [3.8, 4) is 22.3 Å². The smallest absolute Gasteiger partial charge is 0.122 e. The van der Waals surface area contributed by atoms with Crippen LogP contribution in [0.1, 0.15) is 11.1 Å². The first-order valence-corrected chi connectivity index (χ1v) is 14.1. The predicted molar refractivity (Wildman–Crippen MR) is 173 cm³/mol. The van der Waals surface area contributed by atoms with Gasteiger partial charge in [-0.25, -0.2) is 0 Å². The second-order valence-corrected chi connectivity index (χ2v) is 10.7. The molecule has 2 heteroatoms. The first kappa shape index (κ1) is 23.5. The van der Waals surface area contributed by atoms with Gasteiger partial charge in [0.2, 0.25) is 0 Å². The summed E-state index contributed by atoms with van der Waals surface area (Å²) in [6.07, 6.45) is 9.01. The van der Waals surface area contributed by atoms with Crippen molar-refractivity contribution in [3.63, 3.8) is 0 Å². The lowest BCUT2D eigenvalue weighted by molar-refractivity contribution is 0.429. The maximum Gasteiger partial charge on any atom is 0.122 e. The normalized spacial score (nSPS) is 15.9. The van der Waals surface area contributed by atoms with Crippen LogP contribution in [0.3, 0.4) is 0 Å². The van der Waals surface area contributed by atoms with Gasteiger partial charge in [-0.15, -0.1) is 0 Å². The molecule has 1 atom stereocenters. The van der Waals surface area contributed by atoms with E-state index in [0.29, 0.717) is 0 Å². The third-order valence-corrected chi connectivity index (χ3v) is 8.23. The van der Waals surface area contributed by atoms with Crippen molar-refractivity contribution < 1.29 is 0 Å². The number of hydrogen-bond acceptors (Lipinski definition) is 2. The monoisotopic (exact) mass is 524 g/mol. The molecule has 2 heterocycles. The molecule has 8 rings (SSSR count). The molecule has 0 saturated heterocycles. The van der Waals surface area contributed by atoms with E-state index in [9.17, 15) is 0 Å². The Morgan fingerprint density at radius 3 is 1.46 bits per heavy atom. The fourth-order valence-electron chi connectivity index (χ4n) is 6.29. The van der Waals surface area contributed by atoms with E-state index in [0.717, 1.165) is 5.70 Å². The van der Waals surface area contributed by atoms with Crippen molar-refractivity contribution in [2.45, 2.75) is 6.17 Å². The first-order chi connectivity index (χ1) is 20.3. The molecule has 0 radical (unpaired) electrons.